The Labute approximate surface area is 189 Å². The van der Waals surface area contributed by atoms with Crippen LogP contribution >= 0.6 is 31.9 Å². The molecule has 3 aromatic carbocycles. The van der Waals surface area contributed by atoms with Crippen LogP contribution in [0.15, 0.2) is 93.5 Å². The van der Waals surface area contributed by atoms with Crippen molar-refractivity contribution in [3.63, 3.8) is 0 Å². The Morgan fingerprint density at radius 2 is 1.43 bits per heavy atom. The quantitative estimate of drug-likeness (QED) is 0.316. The van der Waals surface area contributed by atoms with Gasteiger partial charge in [0.15, 0.2) is 0 Å². The zero-order valence-electron chi connectivity index (χ0n) is 15.5. The predicted molar refractivity (Wildman–Crippen MR) is 123 cm³/mol. The van der Waals surface area contributed by atoms with E-state index in [1.165, 1.54) is 12.1 Å². The second-order valence-corrected chi connectivity index (χ2v) is 8.49. The summed E-state index contributed by atoms with van der Waals surface area (Å²) in [7, 11) is 0. The molecule has 1 heterocycles. The Hall–Kier alpha value is -2.97. The van der Waals surface area contributed by atoms with Gasteiger partial charge in [0.2, 0.25) is 0 Å². The number of carbonyl (C=O) groups is 1. The second-order valence-electron chi connectivity index (χ2n) is 6.66. The van der Waals surface area contributed by atoms with Crippen LogP contribution in [0.3, 0.4) is 0 Å². The third kappa shape index (κ3) is 4.15. The number of halogens is 2. The van der Waals surface area contributed by atoms with Crippen LogP contribution in [0.5, 0.6) is 0 Å². The number of hydrogen-bond donors (Lipinski definition) is 1. The van der Waals surface area contributed by atoms with E-state index < -0.39 is 11.0 Å². The van der Waals surface area contributed by atoms with E-state index >= 15 is 0 Å². The number of amides is 1. The molecular weight excluding hydrogens is 514 g/mol. The number of non-ortho nitro benzene ring substituents is 1. The molecule has 0 saturated carbocycles. The lowest BCUT2D eigenvalue weighted by molar-refractivity contribution is -0.384. The first kappa shape index (κ1) is 20.3. The molecule has 1 amide bonds. The van der Waals surface area contributed by atoms with Crippen LogP contribution in [0.25, 0.3) is 0 Å². The lowest BCUT2D eigenvalue weighted by Gasteiger charge is -2.25. The first-order valence-electron chi connectivity index (χ1n) is 9.00. The summed E-state index contributed by atoms with van der Waals surface area (Å²) in [5.74, 6) is -0.177. The summed E-state index contributed by atoms with van der Waals surface area (Å²) in [6, 6.07) is 20.9. The maximum atomic E-state index is 13.3. The smallest absolute Gasteiger partial charge is 0.275 e. The van der Waals surface area contributed by atoms with Crippen molar-refractivity contribution >= 4 is 54.8 Å². The van der Waals surface area contributed by atoms with E-state index in [2.05, 4.69) is 37.2 Å². The van der Waals surface area contributed by atoms with Gasteiger partial charge >= 0.3 is 0 Å². The third-order valence-electron chi connectivity index (χ3n) is 4.73. The van der Waals surface area contributed by atoms with Gasteiger partial charge in [-0.05, 0) is 72.3 Å². The fourth-order valence-electron chi connectivity index (χ4n) is 3.26. The minimum Gasteiger partial charge on any atom is -0.351 e. The van der Waals surface area contributed by atoms with Gasteiger partial charge in [0.1, 0.15) is 5.70 Å². The number of anilines is 2. The Bertz CT molecular complexity index is 1130. The summed E-state index contributed by atoms with van der Waals surface area (Å²) in [6.45, 7) is 0. The number of hydrogen-bond acceptors (Lipinski definition) is 4. The standard InChI is InChI=1S/C22H15Br2N3O3/c23-15-3-7-17(8-4-15)25-20-13-21(14-1-9-19(10-2-14)27(29)30)26(22(20)28)18-11-5-16(24)6-12-18/h1-13,21,25H. The molecule has 3 aromatic rings. The van der Waals surface area contributed by atoms with Crippen molar-refractivity contribution in [1.29, 1.82) is 0 Å². The number of benzene rings is 3. The topological polar surface area (TPSA) is 75.5 Å². The molecule has 0 bridgehead atoms. The highest BCUT2D eigenvalue weighted by molar-refractivity contribution is 9.10. The highest BCUT2D eigenvalue weighted by Crippen LogP contribution is 2.37. The number of nitrogens with zero attached hydrogens (tertiary/aromatic N) is 2. The maximum Gasteiger partial charge on any atom is 0.275 e. The zero-order chi connectivity index (χ0) is 21.3. The fraction of sp³-hybridized carbons (Fsp3) is 0.0455. The molecule has 0 radical (unpaired) electrons. The largest absolute Gasteiger partial charge is 0.351 e. The van der Waals surface area contributed by atoms with Gasteiger partial charge in [0, 0.05) is 32.5 Å². The van der Waals surface area contributed by atoms with Gasteiger partial charge in [-0.3, -0.25) is 19.8 Å². The lowest BCUT2D eigenvalue weighted by atomic mass is 10.1. The highest BCUT2D eigenvalue weighted by Gasteiger charge is 2.35. The number of rotatable bonds is 5. The third-order valence-corrected chi connectivity index (χ3v) is 5.78. The minimum atomic E-state index is -0.438. The van der Waals surface area contributed by atoms with Crippen molar-refractivity contribution in [2.75, 3.05) is 10.2 Å². The van der Waals surface area contributed by atoms with E-state index in [1.54, 1.807) is 17.0 Å². The Morgan fingerprint density at radius 1 is 0.867 bits per heavy atom. The molecular formula is C22H15Br2N3O3. The molecule has 0 fully saturated rings. The van der Waals surface area contributed by atoms with E-state index in [1.807, 2.05) is 54.6 Å². The summed E-state index contributed by atoms with van der Waals surface area (Å²) >= 11 is 6.82. The van der Waals surface area contributed by atoms with Crippen molar-refractivity contribution in [3.8, 4) is 0 Å². The summed E-state index contributed by atoms with van der Waals surface area (Å²) in [4.78, 5) is 25.5. The number of carbonyl (C=O) groups excluding carboxylic acids is 1. The highest BCUT2D eigenvalue weighted by atomic mass is 79.9. The van der Waals surface area contributed by atoms with Crippen LogP contribution < -0.4 is 10.2 Å². The Balaban J connectivity index is 1.72. The number of nitro benzene ring substituents is 1. The fourth-order valence-corrected chi connectivity index (χ4v) is 3.79. The molecule has 0 spiro atoms. The molecule has 0 saturated heterocycles. The van der Waals surface area contributed by atoms with Gasteiger partial charge in [0.25, 0.3) is 11.6 Å². The van der Waals surface area contributed by atoms with Crippen LogP contribution in [-0.2, 0) is 4.79 Å². The monoisotopic (exact) mass is 527 g/mol. The normalized spacial score (nSPS) is 15.8. The van der Waals surface area contributed by atoms with Crippen LogP contribution in [0.1, 0.15) is 11.6 Å². The van der Waals surface area contributed by atoms with E-state index in [0.717, 1.165) is 25.9 Å². The molecule has 1 aliphatic heterocycles. The Morgan fingerprint density at radius 3 is 2.00 bits per heavy atom. The molecule has 8 heteroatoms. The van der Waals surface area contributed by atoms with Gasteiger partial charge in [0.05, 0.1) is 11.0 Å². The predicted octanol–water partition coefficient (Wildman–Crippen LogP) is 6.20. The van der Waals surface area contributed by atoms with Gasteiger partial charge in [-0.2, -0.15) is 0 Å². The maximum absolute atomic E-state index is 13.3. The Kier molecular flexibility index (Phi) is 5.69. The molecule has 4 rings (SSSR count). The van der Waals surface area contributed by atoms with Crippen molar-refractivity contribution in [1.82, 2.24) is 0 Å². The van der Waals surface area contributed by atoms with Crippen LogP contribution in [0, 0.1) is 10.1 Å². The average Bonchev–Trinajstić information content (AvgIpc) is 3.06. The van der Waals surface area contributed by atoms with Crippen molar-refractivity contribution in [2.24, 2.45) is 0 Å². The number of nitro groups is 1. The van der Waals surface area contributed by atoms with E-state index in [0.29, 0.717) is 5.70 Å². The summed E-state index contributed by atoms with van der Waals surface area (Å²) in [5.41, 5.74) is 2.76. The molecule has 0 aliphatic carbocycles. The SMILES string of the molecule is O=C1C(Nc2ccc(Br)cc2)=CC(c2ccc([N+](=O)[O-])cc2)N1c1ccc(Br)cc1. The van der Waals surface area contributed by atoms with E-state index in [4.69, 9.17) is 0 Å². The molecule has 1 N–H and O–H groups in total. The molecule has 6 nitrogen and oxygen atoms in total. The van der Waals surface area contributed by atoms with Gasteiger partial charge < -0.3 is 5.32 Å². The molecule has 150 valence electrons. The first-order chi connectivity index (χ1) is 14.4. The zero-order valence-corrected chi connectivity index (χ0v) is 18.6. The second kappa shape index (κ2) is 8.41. The van der Waals surface area contributed by atoms with Crippen molar-refractivity contribution in [3.05, 3.63) is 109 Å². The van der Waals surface area contributed by atoms with Crippen LogP contribution in [0.2, 0.25) is 0 Å². The van der Waals surface area contributed by atoms with E-state index in [-0.39, 0.29) is 11.6 Å². The molecule has 30 heavy (non-hydrogen) atoms. The summed E-state index contributed by atoms with van der Waals surface area (Å²) < 4.78 is 1.85. The van der Waals surface area contributed by atoms with Crippen molar-refractivity contribution < 1.29 is 9.72 Å². The molecule has 1 atom stereocenters. The first-order valence-corrected chi connectivity index (χ1v) is 10.6. The molecule has 1 unspecified atom stereocenters. The molecule has 0 aromatic heterocycles. The van der Waals surface area contributed by atoms with Crippen LogP contribution in [-0.4, -0.2) is 10.8 Å². The summed E-state index contributed by atoms with van der Waals surface area (Å²) in [6.07, 6.45) is 1.84. The number of nitrogens with one attached hydrogen (secondary N) is 1. The minimum absolute atomic E-state index is 0.00968. The molecule has 1 aliphatic rings. The van der Waals surface area contributed by atoms with Gasteiger partial charge in [-0.15, -0.1) is 0 Å². The average molecular weight is 529 g/mol. The van der Waals surface area contributed by atoms with Gasteiger partial charge in [-0.25, -0.2) is 0 Å². The van der Waals surface area contributed by atoms with Crippen molar-refractivity contribution in [2.45, 2.75) is 6.04 Å². The lowest BCUT2D eigenvalue weighted by Crippen LogP contribution is -2.30. The van der Waals surface area contributed by atoms with Crippen LogP contribution in [0.4, 0.5) is 17.1 Å². The summed E-state index contributed by atoms with van der Waals surface area (Å²) in [5, 5.41) is 14.2. The van der Waals surface area contributed by atoms with E-state index in [9.17, 15) is 14.9 Å². The van der Waals surface area contributed by atoms with Gasteiger partial charge in [-0.1, -0.05) is 31.9 Å².